The van der Waals surface area contributed by atoms with Gasteiger partial charge in [-0.2, -0.15) is 0 Å². The van der Waals surface area contributed by atoms with Crippen molar-refractivity contribution >= 4 is 17.7 Å². The second kappa shape index (κ2) is 12.8. The molecule has 6 nitrogen and oxygen atoms in total. The highest BCUT2D eigenvalue weighted by Crippen LogP contribution is 2.35. The van der Waals surface area contributed by atoms with Crippen LogP contribution in [0.3, 0.4) is 0 Å². The summed E-state index contributed by atoms with van der Waals surface area (Å²) in [5.41, 5.74) is 1.95. The van der Waals surface area contributed by atoms with Crippen molar-refractivity contribution in [3.8, 4) is 17.6 Å². The Labute approximate surface area is 211 Å². The molecule has 0 amide bonds. The number of aliphatic carboxylic acids is 1. The van der Waals surface area contributed by atoms with Gasteiger partial charge in [0.05, 0.1) is 19.3 Å². The third-order valence-electron chi connectivity index (χ3n) is 5.81. The van der Waals surface area contributed by atoms with Crippen molar-refractivity contribution in [2.45, 2.75) is 24.3 Å². The van der Waals surface area contributed by atoms with Crippen LogP contribution in [0.25, 0.3) is 0 Å². The van der Waals surface area contributed by atoms with Crippen LogP contribution in [0.4, 0.5) is 0 Å². The molecule has 4 rings (SSSR count). The molecular weight excluding hydrogens is 462 g/mol. The lowest BCUT2D eigenvalue weighted by Crippen LogP contribution is -2.38. The number of allylic oxidation sites excluding steroid dienone is 5. The molecule has 1 heterocycles. The van der Waals surface area contributed by atoms with Gasteiger partial charge in [0.25, 0.3) is 0 Å². The van der Waals surface area contributed by atoms with E-state index in [0.717, 1.165) is 66.0 Å². The Bertz CT molecular complexity index is 1090. The Kier molecular flexibility index (Phi) is 9.27. The van der Waals surface area contributed by atoms with Gasteiger partial charge in [-0.15, -0.1) is 0 Å². The molecule has 0 aromatic heterocycles. The topological polar surface area (TPSA) is 68.2 Å². The van der Waals surface area contributed by atoms with Crippen LogP contribution in [0.2, 0.25) is 0 Å². The van der Waals surface area contributed by atoms with Crippen molar-refractivity contribution in [1.82, 2.24) is 4.90 Å². The van der Waals surface area contributed by atoms with Gasteiger partial charge in [-0.3, -0.25) is 4.90 Å². The maximum atomic E-state index is 10.8. The third kappa shape index (κ3) is 8.15. The van der Waals surface area contributed by atoms with E-state index < -0.39 is 5.97 Å². The molecule has 184 valence electrons. The van der Waals surface area contributed by atoms with Gasteiger partial charge in [0.15, 0.2) is 0 Å². The van der Waals surface area contributed by atoms with Crippen LogP contribution in [0.15, 0.2) is 70.0 Å². The fourth-order valence-electron chi connectivity index (χ4n) is 3.95. The summed E-state index contributed by atoms with van der Waals surface area (Å²) in [6, 6.07) is 6.13. The molecule has 1 aromatic rings. The molecule has 1 aliphatic heterocycles. The Morgan fingerprint density at radius 2 is 2.09 bits per heavy atom. The highest BCUT2D eigenvalue weighted by molar-refractivity contribution is 8.03. The number of nitrogens with zero attached hydrogens (tertiary/aromatic N) is 1. The molecule has 0 spiro atoms. The Balaban J connectivity index is 1.44. The van der Waals surface area contributed by atoms with Crippen LogP contribution in [0.5, 0.6) is 5.75 Å². The van der Waals surface area contributed by atoms with Gasteiger partial charge in [0.2, 0.25) is 0 Å². The molecule has 3 aliphatic rings. The van der Waals surface area contributed by atoms with Gasteiger partial charge in [0.1, 0.15) is 19.0 Å². The van der Waals surface area contributed by atoms with E-state index in [9.17, 15) is 4.79 Å². The van der Waals surface area contributed by atoms with Gasteiger partial charge in [-0.25, -0.2) is 4.79 Å². The van der Waals surface area contributed by atoms with Crippen molar-refractivity contribution in [3.63, 3.8) is 0 Å². The number of hydrogen-bond acceptors (Lipinski definition) is 6. The number of morpholine rings is 1. The smallest absolute Gasteiger partial charge is 0.329 e. The lowest BCUT2D eigenvalue weighted by atomic mass is 10.00. The van der Waals surface area contributed by atoms with Crippen LogP contribution in [0.1, 0.15) is 18.9 Å². The van der Waals surface area contributed by atoms with E-state index in [4.69, 9.17) is 19.3 Å². The zero-order chi connectivity index (χ0) is 24.5. The monoisotopic (exact) mass is 493 g/mol. The number of rotatable bonds is 9. The summed E-state index contributed by atoms with van der Waals surface area (Å²) < 4.78 is 17.0. The van der Waals surface area contributed by atoms with Gasteiger partial charge in [-0.1, -0.05) is 60.9 Å². The van der Waals surface area contributed by atoms with Crippen molar-refractivity contribution in [2.75, 3.05) is 46.1 Å². The van der Waals surface area contributed by atoms with E-state index in [2.05, 4.69) is 47.1 Å². The fraction of sp³-hybridized carbons (Fsp3) is 0.393. The zero-order valence-electron chi connectivity index (χ0n) is 19.9. The molecule has 0 saturated carbocycles. The van der Waals surface area contributed by atoms with Crippen molar-refractivity contribution in [3.05, 3.63) is 70.7 Å². The molecule has 0 bridgehead atoms. The number of benzene rings is 1. The molecule has 7 heteroatoms. The summed E-state index contributed by atoms with van der Waals surface area (Å²) >= 11 is 1.64. The molecule has 1 fully saturated rings. The fourth-order valence-corrected chi connectivity index (χ4v) is 5.01. The van der Waals surface area contributed by atoms with Gasteiger partial charge >= 0.3 is 5.97 Å². The molecule has 1 saturated heterocycles. The Morgan fingerprint density at radius 1 is 1.23 bits per heavy atom. The standard InChI is InChI=1S/C28H31NO5S/c1-21-16-25(8-9-27(21)34-20-28(30)31)35-26-18-23(7-6-22-4-2-3-5-22)17-24(19-26)33-15-12-29-10-13-32-14-11-29/h2,4-5,8-9,16-19,21,27H,3,10-15,20H2,1H3,(H,30,31). The van der Waals surface area contributed by atoms with Gasteiger partial charge in [-0.05, 0) is 30.7 Å². The predicted molar refractivity (Wildman–Crippen MR) is 138 cm³/mol. The van der Waals surface area contributed by atoms with Crippen molar-refractivity contribution in [2.24, 2.45) is 5.92 Å². The van der Waals surface area contributed by atoms with E-state index in [1.165, 1.54) is 0 Å². The first kappa shape index (κ1) is 25.3. The third-order valence-corrected chi connectivity index (χ3v) is 6.79. The number of ether oxygens (including phenoxy) is 3. The first-order valence-electron chi connectivity index (χ1n) is 11.9. The minimum absolute atomic E-state index is 0.0789. The van der Waals surface area contributed by atoms with E-state index in [1.54, 1.807) is 11.8 Å². The molecule has 1 aromatic carbocycles. The van der Waals surface area contributed by atoms with E-state index in [0.29, 0.717) is 6.61 Å². The molecule has 2 unspecified atom stereocenters. The number of carboxylic acids is 1. The molecule has 0 radical (unpaired) electrons. The summed E-state index contributed by atoms with van der Waals surface area (Å²) in [5.74, 6) is 6.45. The van der Waals surface area contributed by atoms with Crippen molar-refractivity contribution < 1.29 is 24.1 Å². The van der Waals surface area contributed by atoms with Crippen LogP contribution in [0, 0.1) is 17.8 Å². The highest BCUT2D eigenvalue weighted by Gasteiger charge is 2.19. The van der Waals surface area contributed by atoms with E-state index >= 15 is 0 Å². The summed E-state index contributed by atoms with van der Waals surface area (Å²) in [7, 11) is 0. The second-order valence-electron chi connectivity index (χ2n) is 8.60. The number of thioether (sulfide) groups is 1. The minimum Gasteiger partial charge on any atom is -0.492 e. The summed E-state index contributed by atoms with van der Waals surface area (Å²) in [6.45, 7) is 6.63. The first-order valence-corrected chi connectivity index (χ1v) is 12.7. The minimum atomic E-state index is -0.960. The predicted octanol–water partition coefficient (Wildman–Crippen LogP) is 4.29. The Morgan fingerprint density at radius 3 is 2.83 bits per heavy atom. The summed E-state index contributed by atoms with van der Waals surface area (Å²) in [4.78, 5) is 15.3. The maximum Gasteiger partial charge on any atom is 0.329 e. The average molecular weight is 494 g/mol. The summed E-state index contributed by atoms with van der Waals surface area (Å²) in [5, 5.41) is 8.87. The van der Waals surface area contributed by atoms with E-state index in [1.807, 2.05) is 31.2 Å². The van der Waals surface area contributed by atoms with Crippen LogP contribution < -0.4 is 4.74 Å². The molecule has 35 heavy (non-hydrogen) atoms. The molecular formula is C28H31NO5S. The molecule has 1 N–H and O–H groups in total. The number of hydrogen-bond donors (Lipinski definition) is 1. The SMILES string of the molecule is CC1C=C(Sc2cc(C#CC3=CCC=C3)cc(OCCN3CCOCC3)c2)C=CC1OCC(=O)O. The lowest BCUT2D eigenvalue weighted by Gasteiger charge is -2.26. The van der Waals surface area contributed by atoms with Gasteiger partial charge in [0, 0.05) is 46.5 Å². The zero-order valence-corrected chi connectivity index (χ0v) is 20.8. The van der Waals surface area contributed by atoms with Crippen LogP contribution in [-0.4, -0.2) is 68.1 Å². The molecule has 2 atom stereocenters. The quantitative estimate of drug-likeness (QED) is 0.515. The lowest BCUT2D eigenvalue weighted by molar-refractivity contribution is -0.143. The largest absolute Gasteiger partial charge is 0.492 e. The van der Waals surface area contributed by atoms with Crippen molar-refractivity contribution in [1.29, 1.82) is 0 Å². The highest BCUT2D eigenvalue weighted by atomic mass is 32.2. The second-order valence-corrected chi connectivity index (χ2v) is 9.75. The first-order chi connectivity index (χ1) is 17.0. The maximum absolute atomic E-state index is 10.8. The average Bonchev–Trinajstić information content (AvgIpc) is 3.37. The normalized spacial score (nSPS) is 21.7. The number of carboxylic acid groups (broad SMARTS) is 1. The molecule has 2 aliphatic carbocycles. The summed E-state index contributed by atoms with van der Waals surface area (Å²) in [6.07, 6.45) is 13.0. The Hall–Kier alpha value is -2.76. The number of carbonyl (C=O) groups is 1. The van der Waals surface area contributed by atoms with Crippen LogP contribution in [-0.2, 0) is 14.3 Å². The van der Waals surface area contributed by atoms with Gasteiger partial charge < -0.3 is 19.3 Å². The van der Waals surface area contributed by atoms with E-state index in [-0.39, 0.29) is 18.6 Å². The van der Waals surface area contributed by atoms with Crippen LogP contribution >= 0.6 is 11.8 Å².